The molecule has 0 radical (unpaired) electrons. The molecule has 1 heterocycles. The molecule has 9 heteroatoms. The third-order valence-corrected chi connectivity index (χ3v) is 4.61. The molecule has 0 aliphatic rings. The summed E-state index contributed by atoms with van der Waals surface area (Å²) in [5, 5.41) is 7.37. The average Bonchev–Trinajstić information content (AvgIpc) is 2.95. The lowest BCUT2D eigenvalue weighted by Gasteiger charge is -2.16. The second-order valence-corrected chi connectivity index (χ2v) is 6.86. The van der Waals surface area contributed by atoms with E-state index in [4.69, 9.17) is 9.47 Å². The van der Waals surface area contributed by atoms with E-state index in [9.17, 15) is 4.79 Å². The largest absolute Gasteiger partial charge is 0.462 e. The van der Waals surface area contributed by atoms with Gasteiger partial charge in [0, 0.05) is 20.2 Å². The van der Waals surface area contributed by atoms with Gasteiger partial charge in [-0.05, 0) is 41.0 Å². The Morgan fingerprint density at radius 2 is 2.04 bits per heavy atom. The molecular weight excluding hydrogens is 467 g/mol. The summed E-state index contributed by atoms with van der Waals surface area (Å²) >= 11 is 1.35. The number of hydrogen-bond acceptors (Lipinski definition) is 6. The van der Waals surface area contributed by atoms with Crippen LogP contribution in [0, 0.1) is 6.92 Å². The van der Waals surface area contributed by atoms with Gasteiger partial charge in [0.25, 0.3) is 0 Å². The number of carbonyl (C=O) groups excluding carboxylic acids is 1. The van der Waals surface area contributed by atoms with Crippen LogP contribution in [0.4, 0.5) is 0 Å². The number of nitrogens with zero attached hydrogens (tertiary/aromatic N) is 2. The minimum atomic E-state index is -0.316. The molecule has 0 spiro atoms. The van der Waals surface area contributed by atoms with Crippen molar-refractivity contribution in [1.82, 2.24) is 15.6 Å². The van der Waals surface area contributed by atoms with Gasteiger partial charge in [-0.15, -0.1) is 35.3 Å². The zero-order valence-electron chi connectivity index (χ0n) is 16.4. The number of hydrogen-bond donors (Lipinski definition) is 2. The second kappa shape index (κ2) is 13.3. The predicted molar refractivity (Wildman–Crippen MR) is 117 cm³/mol. The Balaban J connectivity index is 0.00000625. The van der Waals surface area contributed by atoms with Crippen LogP contribution in [0.2, 0.25) is 0 Å². The van der Waals surface area contributed by atoms with Gasteiger partial charge in [-0.2, -0.15) is 0 Å². The molecule has 7 nitrogen and oxygen atoms in total. The fourth-order valence-corrected chi connectivity index (χ4v) is 3.01. The first-order valence-corrected chi connectivity index (χ1v) is 9.43. The molecule has 26 heavy (non-hydrogen) atoms. The molecule has 0 aliphatic heterocycles. The molecule has 0 aliphatic carbocycles. The maximum Gasteiger partial charge on any atom is 0.350 e. The van der Waals surface area contributed by atoms with Gasteiger partial charge in [-0.25, -0.2) is 9.78 Å². The van der Waals surface area contributed by atoms with Crippen molar-refractivity contribution in [3.63, 3.8) is 0 Å². The average molecular weight is 498 g/mol. The van der Waals surface area contributed by atoms with E-state index in [2.05, 4.69) is 20.6 Å². The fraction of sp³-hybridized carbons (Fsp3) is 0.706. The molecule has 1 rings (SSSR count). The van der Waals surface area contributed by atoms with Gasteiger partial charge in [0.05, 0.1) is 24.4 Å². The normalized spacial score (nSPS) is 12.5. The van der Waals surface area contributed by atoms with Gasteiger partial charge >= 0.3 is 5.97 Å². The second-order valence-electron chi connectivity index (χ2n) is 5.83. The van der Waals surface area contributed by atoms with Crippen LogP contribution in [-0.4, -0.2) is 49.8 Å². The third-order valence-electron chi connectivity index (χ3n) is 3.29. The lowest BCUT2D eigenvalue weighted by Crippen LogP contribution is -2.39. The molecular formula is C17H31IN4O3S. The SMILES string of the molecule is CCOC(=O)c1sc(C(C)NC(=NC)NCCCOC(C)C)nc1C.I. The molecule has 1 aromatic heterocycles. The third kappa shape index (κ3) is 8.63. The summed E-state index contributed by atoms with van der Waals surface area (Å²) in [7, 11) is 1.73. The van der Waals surface area contributed by atoms with E-state index in [0.717, 1.165) is 18.0 Å². The molecule has 1 unspecified atom stereocenters. The van der Waals surface area contributed by atoms with E-state index < -0.39 is 0 Å². The summed E-state index contributed by atoms with van der Waals surface area (Å²) in [6, 6.07) is -0.0648. The molecule has 1 aromatic rings. The smallest absolute Gasteiger partial charge is 0.350 e. The highest BCUT2D eigenvalue weighted by atomic mass is 127. The first-order chi connectivity index (χ1) is 11.9. The lowest BCUT2D eigenvalue weighted by atomic mass is 10.3. The molecule has 0 saturated heterocycles. The summed E-state index contributed by atoms with van der Waals surface area (Å²) in [4.78, 5) is 21.2. The fourth-order valence-electron chi connectivity index (χ4n) is 2.05. The van der Waals surface area contributed by atoms with Gasteiger partial charge in [-0.1, -0.05) is 0 Å². The number of nitrogens with one attached hydrogen (secondary N) is 2. The maximum atomic E-state index is 11.9. The van der Waals surface area contributed by atoms with E-state index in [1.165, 1.54) is 11.3 Å². The van der Waals surface area contributed by atoms with E-state index in [0.29, 0.717) is 29.7 Å². The number of aliphatic imine (C=N–C) groups is 1. The van der Waals surface area contributed by atoms with Crippen molar-refractivity contribution in [1.29, 1.82) is 0 Å². The number of aryl methyl sites for hydroxylation is 1. The Kier molecular flexibility index (Phi) is 12.8. The van der Waals surface area contributed by atoms with Gasteiger partial charge in [0.2, 0.25) is 0 Å². The molecule has 2 N–H and O–H groups in total. The van der Waals surface area contributed by atoms with Crippen molar-refractivity contribution in [2.24, 2.45) is 4.99 Å². The number of carbonyl (C=O) groups is 1. The topological polar surface area (TPSA) is 84.8 Å². The summed E-state index contributed by atoms with van der Waals surface area (Å²) in [6.45, 7) is 11.5. The molecule has 0 fully saturated rings. The van der Waals surface area contributed by atoms with Gasteiger partial charge < -0.3 is 20.1 Å². The maximum absolute atomic E-state index is 11.9. The lowest BCUT2D eigenvalue weighted by molar-refractivity contribution is 0.0531. The zero-order chi connectivity index (χ0) is 18.8. The highest BCUT2D eigenvalue weighted by Gasteiger charge is 2.20. The Bertz CT molecular complexity index is 578. The number of thiazole rings is 1. The number of aromatic nitrogens is 1. The van der Waals surface area contributed by atoms with Crippen molar-refractivity contribution in [3.05, 3.63) is 15.6 Å². The van der Waals surface area contributed by atoms with Crippen LogP contribution in [0.15, 0.2) is 4.99 Å². The van der Waals surface area contributed by atoms with Crippen molar-refractivity contribution < 1.29 is 14.3 Å². The summed E-state index contributed by atoms with van der Waals surface area (Å²) in [5.41, 5.74) is 0.695. The highest BCUT2D eigenvalue weighted by Crippen LogP contribution is 2.24. The minimum absolute atomic E-state index is 0. The number of esters is 1. The number of rotatable bonds is 9. The van der Waals surface area contributed by atoms with Crippen molar-refractivity contribution in [2.45, 2.75) is 53.2 Å². The number of guanidine groups is 1. The zero-order valence-corrected chi connectivity index (χ0v) is 19.6. The predicted octanol–water partition coefficient (Wildman–Crippen LogP) is 3.29. The molecule has 0 bridgehead atoms. The molecule has 0 aromatic carbocycles. The summed E-state index contributed by atoms with van der Waals surface area (Å²) < 4.78 is 10.6. The van der Waals surface area contributed by atoms with Crippen LogP contribution in [0.25, 0.3) is 0 Å². The van der Waals surface area contributed by atoms with Crippen LogP contribution >= 0.6 is 35.3 Å². The van der Waals surface area contributed by atoms with Gasteiger partial charge in [0.15, 0.2) is 5.96 Å². The first kappa shape index (κ1) is 25.1. The molecule has 0 amide bonds. The van der Waals surface area contributed by atoms with Crippen molar-refractivity contribution >= 4 is 47.2 Å². The van der Waals surface area contributed by atoms with Crippen LogP contribution < -0.4 is 10.6 Å². The van der Waals surface area contributed by atoms with E-state index in [-0.39, 0.29) is 42.1 Å². The monoisotopic (exact) mass is 498 g/mol. The van der Waals surface area contributed by atoms with Gasteiger partial charge in [0.1, 0.15) is 9.88 Å². The Morgan fingerprint density at radius 3 is 2.62 bits per heavy atom. The number of halogens is 1. The minimum Gasteiger partial charge on any atom is -0.462 e. The summed E-state index contributed by atoms with van der Waals surface area (Å²) in [6.07, 6.45) is 1.15. The molecule has 1 atom stereocenters. The first-order valence-electron chi connectivity index (χ1n) is 8.62. The van der Waals surface area contributed by atoms with Crippen molar-refractivity contribution in [3.8, 4) is 0 Å². The van der Waals surface area contributed by atoms with Crippen LogP contribution in [0.3, 0.4) is 0 Å². The Hall–Kier alpha value is -0.940. The molecule has 150 valence electrons. The Morgan fingerprint density at radius 1 is 1.35 bits per heavy atom. The van der Waals surface area contributed by atoms with E-state index >= 15 is 0 Å². The van der Waals surface area contributed by atoms with Crippen LogP contribution in [0.5, 0.6) is 0 Å². The number of ether oxygens (including phenoxy) is 2. The molecule has 0 saturated carbocycles. The van der Waals surface area contributed by atoms with Crippen LogP contribution in [0.1, 0.15) is 60.5 Å². The van der Waals surface area contributed by atoms with Crippen LogP contribution in [-0.2, 0) is 9.47 Å². The highest BCUT2D eigenvalue weighted by molar-refractivity contribution is 14.0. The van der Waals surface area contributed by atoms with Gasteiger partial charge in [-0.3, -0.25) is 4.99 Å². The van der Waals surface area contributed by atoms with E-state index in [1.54, 1.807) is 14.0 Å². The van der Waals surface area contributed by atoms with Crippen molar-refractivity contribution in [2.75, 3.05) is 26.8 Å². The quantitative estimate of drug-likeness (QED) is 0.179. The summed E-state index contributed by atoms with van der Waals surface area (Å²) in [5.74, 6) is 0.381. The standard InChI is InChI=1S/C17H30N4O3S.HI/c1-7-23-16(22)14-12(4)20-15(25-14)13(5)21-17(18-6)19-9-8-10-24-11(2)3;/h11,13H,7-10H2,1-6H3,(H2,18,19,21);1H. The Labute approximate surface area is 177 Å². The van der Waals surface area contributed by atoms with E-state index in [1.807, 2.05) is 27.7 Å².